The molecule has 1 aliphatic carbocycles. The van der Waals surface area contributed by atoms with Crippen molar-refractivity contribution < 1.29 is 0 Å². The third-order valence-electron chi connectivity index (χ3n) is 4.42. The number of rotatable bonds is 9. The van der Waals surface area contributed by atoms with Gasteiger partial charge in [0.25, 0.3) is 0 Å². The van der Waals surface area contributed by atoms with Gasteiger partial charge in [0.1, 0.15) is 0 Å². The van der Waals surface area contributed by atoms with Crippen LogP contribution in [0.3, 0.4) is 0 Å². The Morgan fingerprint density at radius 3 is 2.44 bits per heavy atom. The quantitative estimate of drug-likeness (QED) is 0.345. The molecule has 1 unspecified atom stereocenters. The molecule has 0 amide bonds. The minimum absolute atomic E-state index is 0.781. The summed E-state index contributed by atoms with van der Waals surface area (Å²) in [6, 6.07) is 0. The van der Waals surface area contributed by atoms with E-state index >= 15 is 0 Å². The van der Waals surface area contributed by atoms with E-state index in [1.165, 1.54) is 56.9 Å². The van der Waals surface area contributed by atoms with Gasteiger partial charge in [-0.05, 0) is 56.3 Å². The fourth-order valence-electron chi connectivity index (χ4n) is 2.67. The molecule has 0 nitrogen and oxygen atoms in total. The van der Waals surface area contributed by atoms with E-state index in [2.05, 4.69) is 27.4 Å². The van der Waals surface area contributed by atoms with Crippen molar-refractivity contribution >= 4 is 0 Å². The summed E-state index contributed by atoms with van der Waals surface area (Å²) in [6.07, 6.45) is 12.6. The van der Waals surface area contributed by atoms with E-state index in [4.69, 9.17) is 0 Å². The van der Waals surface area contributed by atoms with Gasteiger partial charge in [0.2, 0.25) is 0 Å². The molecule has 1 aliphatic rings. The van der Waals surface area contributed by atoms with Crippen molar-refractivity contribution in [3.05, 3.63) is 12.2 Å². The minimum atomic E-state index is 0.781. The van der Waals surface area contributed by atoms with Gasteiger partial charge in [0.05, 0.1) is 0 Å². The van der Waals surface area contributed by atoms with E-state index in [9.17, 15) is 0 Å². The lowest BCUT2D eigenvalue weighted by Gasteiger charge is -2.19. The third-order valence-corrected chi connectivity index (χ3v) is 4.42. The van der Waals surface area contributed by atoms with Gasteiger partial charge in [0.15, 0.2) is 0 Å². The van der Waals surface area contributed by atoms with E-state index in [1.54, 1.807) is 0 Å². The third kappa shape index (κ3) is 4.72. The summed E-state index contributed by atoms with van der Waals surface area (Å²) < 4.78 is 0. The molecule has 0 saturated heterocycles. The number of unbranched alkanes of at least 4 members (excludes halogenated alkanes) is 1. The molecule has 0 heterocycles. The Morgan fingerprint density at radius 1 is 1.25 bits per heavy atom. The summed E-state index contributed by atoms with van der Waals surface area (Å²) in [5.74, 6) is 0.938. The molecule has 94 valence electrons. The first-order valence-electron chi connectivity index (χ1n) is 7.28. The number of allylic oxidation sites excluding steroid dienone is 1. The van der Waals surface area contributed by atoms with Crippen LogP contribution in [-0.4, -0.2) is 0 Å². The molecular formula is C16H30. The molecule has 1 rings (SSSR count). The molecule has 0 N–H and O–H groups in total. The van der Waals surface area contributed by atoms with Gasteiger partial charge in [-0.15, -0.1) is 0 Å². The molecule has 0 aliphatic heterocycles. The summed E-state index contributed by atoms with van der Waals surface area (Å²) in [7, 11) is 0. The van der Waals surface area contributed by atoms with Crippen molar-refractivity contribution in [1.29, 1.82) is 0 Å². The lowest BCUT2D eigenvalue weighted by Crippen LogP contribution is -2.06. The van der Waals surface area contributed by atoms with E-state index in [0.29, 0.717) is 0 Å². The lowest BCUT2D eigenvalue weighted by molar-refractivity contribution is 0.332. The topological polar surface area (TPSA) is 0 Å². The van der Waals surface area contributed by atoms with Gasteiger partial charge in [-0.3, -0.25) is 0 Å². The smallest absolute Gasteiger partial charge is 0.0295 e. The standard InChI is InChI=1S/C16H30/c1-5-14(3)9-7-8-10-16(11-12-16)13-15(4)6-2/h15H,3,5-13H2,1-2,4H3. The van der Waals surface area contributed by atoms with Gasteiger partial charge in [-0.1, -0.05) is 45.8 Å². The van der Waals surface area contributed by atoms with Gasteiger partial charge >= 0.3 is 0 Å². The highest BCUT2D eigenvalue weighted by molar-refractivity contribution is 4.95. The van der Waals surface area contributed by atoms with Crippen LogP contribution in [0.2, 0.25) is 0 Å². The summed E-state index contributed by atoms with van der Waals surface area (Å²) in [4.78, 5) is 0. The first-order valence-corrected chi connectivity index (χ1v) is 7.28. The zero-order chi connectivity index (χ0) is 12.0. The van der Waals surface area contributed by atoms with Crippen LogP contribution in [0.15, 0.2) is 12.2 Å². The summed E-state index contributed by atoms with van der Waals surface area (Å²) in [5.41, 5.74) is 2.22. The van der Waals surface area contributed by atoms with Crippen LogP contribution in [0, 0.1) is 11.3 Å². The Labute approximate surface area is 103 Å². The van der Waals surface area contributed by atoms with E-state index in [0.717, 1.165) is 17.8 Å². The summed E-state index contributed by atoms with van der Waals surface area (Å²) >= 11 is 0. The van der Waals surface area contributed by atoms with Crippen molar-refractivity contribution in [2.24, 2.45) is 11.3 Å². The molecule has 16 heavy (non-hydrogen) atoms. The monoisotopic (exact) mass is 222 g/mol. The molecule has 0 bridgehead atoms. The maximum atomic E-state index is 4.08. The minimum Gasteiger partial charge on any atom is -0.0999 e. The zero-order valence-electron chi connectivity index (χ0n) is 11.6. The molecule has 1 fully saturated rings. The van der Waals surface area contributed by atoms with Crippen LogP contribution < -0.4 is 0 Å². The van der Waals surface area contributed by atoms with E-state index in [-0.39, 0.29) is 0 Å². The summed E-state index contributed by atoms with van der Waals surface area (Å²) in [6.45, 7) is 11.0. The average molecular weight is 222 g/mol. The van der Waals surface area contributed by atoms with Gasteiger partial charge < -0.3 is 0 Å². The Balaban J connectivity index is 2.10. The van der Waals surface area contributed by atoms with Crippen molar-refractivity contribution in [1.82, 2.24) is 0 Å². The normalized spacial score (nSPS) is 19.4. The van der Waals surface area contributed by atoms with Crippen LogP contribution in [0.25, 0.3) is 0 Å². The zero-order valence-corrected chi connectivity index (χ0v) is 11.6. The lowest BCUT2D eigenvalue weighted by atomic mass is 9.87. The predicted octanol–water partition coefficient (Wildman–Crippen LogP) is 5.73. The molecule has 0 radical (unpaired) electrons. The molecule has 0 aromatic carbocycles. The fourth-order valence-corrected chi connectivity index (χ4v) is 2.67. The largest absolute Gasteiger partial charge is 0.0999 e. The molecular weight excluding hydrogens is 192 g/mol. The van der Waals surface area contributed by atoms with Gasteiger partial charge in [0, 0.05) is 0 Å². The highest BCUT2D eigenvalue weighted by Gasteiger charge is 2.41. The average Bonchev–Trinajstić information content (AvgIpc) is 3.04. The van der Waals surface area contributed by atoms with Crippen molar-refractivity contribution in [3.63, 3.8) is 0 Å². The van der Waals surface area contributed by atoms with Crippen LogP contribution in [-0.2, 0) is 0 Å². The second kappa shape index (κ2) is 6.47. The Hall–Kier alpha value is -0.260. The first kappa shape index (κ1) is 13.8. The highest BCUT2D eigenvalue weighted by Crippen LogP contribution is 2.54. The highest BCUT2D eigenvalue weighted by atomic mass is 14.5. The SMILES string of the molecule is C=C(CC)CCCCC1(CC(C)CC)CC1. The Bertz CT molecular complexity index is 210. The predicted molar refractivity (Wildman–Crippen MR) is 73.6 cm³/mol. The van der Waals surface area contributed by atoms with Crippen molar-refractivity contribution in [2.45, 2.75) is 78.6 Å². The second-order valence-electron chi connectivity index (χ2n) is 6.03. The van der Waals surface area contributed by atoms with E-state index in [1.807, 2.05) is 0 Å². The molecule has 1 atom stereocenters. The molecule has 0 aromatic rings. The van der Waals surface area contributed by atoms with Crippen molar-refractivity contribution in [3.8, 4) is 0 Å². The molecule has 0 heteroatoms. The van der Waals surface area contributed by atoms with Crippen molar-refractivity contribution in [2.75, 3.05) is 0 Å². The molecule has 0 spiro atoms. The molecule has 1 saturated carbocycles. The van der Waals surface area contributed by atoms with Gasteiger partial charge in [-0.25, -0.2) is 0 Å². The number of hydrogen-bond donors (Lipinski definition) is 0. The van der Waals surface area contributed by atoms with Gasteiger partial charge in [-0.2, -0.15) is 0 Å². The first-order chi connectivity index (χ1) is 7.62. The Kier molecular flexibility index (Phi) is 5.58. The van der Waals surface area contributed by atoms with E-state index < -0.39 is 0 Å². The van der Waals surface area contributed by atoms with Crippen LogP contribution in [0.4, 0.5) is 0 Å². The van der Waals surface area contributed by atoms with Crippen LogP contribution in [0.1, 0.15) is 78.6 Å². The molecule has 0 aromatic heterocycles. The fraction of sp³-hybridized carbons (Fsp3) is 0.875. The number of hydrogen-bond acceptors (Lipinski definition) is 0. The van der Waals surface area contributed by atoms with Crippen LogP contribution in [0.5, 0.6) is 0 Å². The van der Waals surface area contributed by atoms with Crippen LogP contribution >= 0.6 is 0 Å². The summed E-state index contributed by atoms with van der Waals surface area (Å²) in [5, 5.41) is 0. The maximum Gasteiger partial charge on any atom is -0.0295 e. The second-order valence-corrected chi connectivity index (χ2v) is 6.03. The maximum absolute atomic E-state index is 4.08. The Morgan fingerprint density at radius 2 is 1.94 bits per heavy atom.